The van der Waals surface area contributed by atoms with Gasteiger partial charge < -0.3 is 4.79 Å². The molecule has 0 saturated heterocycles. The number of halogens is 1. The predicted octanol–water partition coefficient (Wildman–Crippen LogP) is 1.42. The van der Waals surface area contributed by atoms with Gasteiger partial charge in [-0.1, -0.05) is 13.8 Å². The molecule has 2 heteroatoms. The maximum Gasteiger partial charge on any atom is 0.122 e. The SMILES string of the molecule is Br.CC(C)C=O. The summed E-state index contributed by atoms with van der Waals surface area (Å²) in [5.74, 6) is 0.204. The molecule has 38 valence electrons. The van der Waals surface area contributed by atoms with Crippen LogP contribution in [0, 0.1) is 5.92 Å². The molecule has 0 aliphatic rings. The third-order valence-electron chi connectivity index (χ3n) is 0.272. The van der Waals surface area contributed by atoms with Crippen LogP contribution in [0.4, 0.5) is 0 Å². The molecule has 0 saturated carbocycles. The minimum Gasteiger partial charge on any atom is -0.303 e. The molecule has 0 aliphatic heterocycles. The first-order chi connectivity index (χ1) is 2.27. The fourth-order valence-electron chi connectivity index (χ4n) is 0. The van der Waals surface area contributed by atoms with Gasteiger partial charge in [0.05, 0.1) is 0 Å². The van der Waals surface area contributed by atoms with E-state index in [-0.39, 0.29) is 22.9 Å². The summed E-state index contributed by atoms with van der Waals surface area (Å²) in [4.78, 5) is 9.50. The van der Waals surface area contributed by atoms with E-state index in [1.807, 2.05) is 13.8 Å². The molecule has 0 aromatic heterocycles. The van der Waals surface area contributed by atoms with Crippen molar-refractivity contribution in [3.63, 3.8) is 0 Å². The Morgan fingerprint density at radius 3 is 1.67 bits per heavy atom. The van der Waals surface area contributed by atoms with Gasteiger partial charge >= 0.3 is 0 Å². The highest BCUT2D eigenvalue weighted by molar-refractivity contribution is 8.93. The first-order valence-electron chi connectivity index (χ1n) is 1.72. The van der Waals surface area contributed by atoms with Crippen molar-refractivity contribution in [3.05, 3.63) is 0 Å². The zero-order chi connectivity index (χ0) is 4.28. The van der Waals surface area contributed by atoms with Crippen molar-refractivity contribution < 1.29 is 4.79 Å². The summed E-state index contributed by atoms with van der Waals surface area (Å²) in [5, 5.41) is 0. The van der Waals surface area contributed by atoms with Crippen LogP contribution >= 0.6 is 17.0 Å². The lowest BCUT2D eigenvalue weighted by molar-refractivity contribution is -0.110. The van der Waals surface area contributed by atoms with Crippen molar-refractivity contribution in [2.45, 2.75) is 13.8 Å². The minimum absolute atomic E-state index is 0. The molecule has 0 unspecified atom stereocenters. The standard InChI is InChI=1S/C4H8O.BrH/c1-4(2)3-5;/h3-4H,1-2H3;1H. The number of hydrogen-bond donors (Lipinski definition) is 0. The highest BCUT2D eigenvalue weighted by Gasteiger charge is 1.79. The van der Waals surface area contributed by atoms with E-state index < -0.39 is 0 Å². The Hall–Kier alpha value is 0.150. The normalized spacial score (nSPS) is 7.17. The lowest BCUT2D eigenvalue weighted by atomic mass is 10.3. The zero-order valence-corrected chi connectivity index (χ0v) is 5.68. The van der Waals surface area contributed by atoms with E-state index >= 15 is 0 Å². The fraction of sp³-hybridized carbons (Fsp3) is 0.750. The van der Waals surface area contributed by atoms with Crippen molar-refractivity contribution in [3.8, 4) is 0 Å². The number of aldehydes is 1. The van der Waals surface area contributed by atoms with Crippen molar-refractivity contribution in [1.29, 1.82) is 0 Å². The summed E-state index contributed by atoms with van der Waals surface area (Å²) in [6, 6.07) is 0. The maximum atomic E-state index is 9.50. The van der Waals surface area contributed by atoms with Crippen LogP contribution in [0.15, 0.2) is 0 Å². The van der Waals surface area contributed by atoms with Crippen LogP contribution in [-0.4, -0.2) is 6.29 Å². The van der Waals surface area contributed by atoms with Gasteiger partial charge in [-0.3, -0.25) is 0 Å². The van der Waals surface area contributed by atoms with Gasteiger partial charge in [0.1, 0.15) is 6.29 Å². The molecule has 0 aromatic carbocycles. The highest BCUT2D eigenvalue weighted by atomic mass is 79.9. The lowest BCUT2D eigenvalue weighted by Crippen LogP contribution is -1.82. The lowest BCUT2D eigenvalue weighted by Gasteiger charge is -1.78. The molecular formula is C4H9BrO. The molecule has 0 atom stereocenters. The summed E-state index contributed by atoms with van der Waals surface area (Å²) < 4.78 is 0. The molecule has 0 heterocycles. The van der Waals surface area contributed by atoms with Crippen molar-refractivity contribution in [2.75, 3.05) is 0 Å². The molecule has 0 amide bonds. The molecule has 0 N–H and O–H groups in total. The Morgan fingerprint density at radius 1 is 1.50 bits per heavy atom. The molecule has 0 rings (SSSR count). The third kappa shape index (κ3) is 8.91. The zero-order valence-electron chi connectivity index (χ0n) is 3.97. The molecule has 0 spiro atoms. The second kappa shape index (κ2) is 5.15. The van der Waals surface area contributed by atoms with Gasteiger partial charge in [-0.25, -0.2) is 0 Å². The van der Waals surface area contributed by atoms with Gasteiger partial charge in [0.2, 0.25) is 0 Å². The molecule has 6 heavy (non-hydrogen) atoms. The number of carbonyl (C=O) groups is 1. The summed E-state index contributed by atoms with van der Waals surface area (Å²) in [6.07, 6.45) is 0.917. The second-order valence-corrected chi connectivity index (χ2v) is 1.38. The Kier molecular flexibility index (Phi) is 8.13. The van der Waals surface area contributed by atoms with E-state index in [0.29, 0.717) is 0 Å². The van der Waals surface area contributed by atoms with Gasteiger partial charge in [0.25, 0.3) is 0 Å². The predicted molar refractivity (Wildman–Crippen MR) is 31.2 cm³/mol. The first kappa shape index (κ1) is 9.47. The van der Waals surface area contributed by atoms with Crippen LogP contribution in [-0.2, 0) is 4.79 Å². The smallest absolute Gasteiger partial charge is 0.122 e. The maximum absolute atomic E-state index is 9.50. The number of rotatable bonds is 1. The Labute approximate surface area is 48.5 Å². The van der Waals surface area contributed by atoms with Gasteiger partial charge in [-0.05, 0) is 0 Å². The fourth-order valence-corrected chi connectivity index (χ4v) is 0. The van der Waals surface area contributed by atoms with Crippen LogP contribution in [0.5, 0.6) is 0 Å². The molecule has 0 fully saturated rings. The Balaban J connectivity index is 0. The molecule has 0 radical (unpaired) electrons. The van der Waals surface area contributed by atoms with Gasteiger partial charge in [-0.15, -0.1) is 17.0 Å². The number of carbonyl (C=O) groups excluding carboxylic acids is 1. The van der Waals surface area contributed by atoms with E-state index in [1.54, 1.807) is 0 Å². The Morgan fingerprint density at radius 2 is 1.67 bits per heavy atom. The second-order valence-electron chi connectivity index (χ2n) is 1.38. The van der Waals surface area contributed by atoms with Crippen LogP contribution in [0.2, 0.25) is 0 Å². The van der Waals surface area contributed by atoms with E-state index in [1.165, 1.54) is 0 Å². The highest BCUT2D eigenvalue weighted by Crippen LogP contribution is 1.78. The molecule has 1 nitrogen and oxygen atoms in total. The average molecular weight is 153 g/mol. The van der Waals surface area contributed by atoms with E-state index in [2.05, 4.69) is 0 Å². The van der Waals surface area contributed by atoms with E-state index in [9.17, 15) is 4.79 Å². The largest absolute Gasteiger partial charge is 0.303 e. The van der Waals surface area contributed by atoms with Crippen LogP contribution < -0.4 is 0 Å². The first-order valence-corrected chi connectivity index (χ1v) is 1.72. The minimum atomic E-state index is 0. The third-order valence-corrected chi connectivity index (χ3v) is 0.272. The van der Waals surface area contributed by atoms with Gasteiger partial charge in [0.15, 0.2) is 0 Å². The van der Waals surface area contributed by atoms with Crippen LogP contribution in [0.25, 0.3) is 0 Å². The molecule has 0 bridgehead atoms. The topological polar surface area (TPSA) is 17.1 Å². The Bertz CT molecular complexity index is 34.5. The van der Waals surface area contributed by atoms with Crippen molar-refractivity contribution in [2.24, 2.45) is 5.92 Å². The van der Waals surface area contributed by atoms with Gasteiger partial charge in [0, 0.05) is 5.92 Å². The van der Waals surface area contributed by atoms with Crippen LogP contribution in [0.3, 0.4) is 0 Å². The molecule has 0 aromatic rings. The van der Waals surface area contributed by atoms with Crippen LogP contribution in [0.1, 0.15) is 13.8 Å². The summed E-state index contributed by atoms with van der Waals surface area (Å²) in [6.45, 7) is 3.71. The van der Waals surface area contributed by atoms with Crippen molar-refractivity contribution >= 4 is 23.3 Å². The van der Waals surface area contributed by atoms with Gasteiger partial charge in [-0.2, -0.15) is 0 Å². The summed E-state index contributed by atoms with van der Waals surface area (Å²) in [7, 11) is 0. The quantitative estimate of drug-likeness (QED) is 0.520. The molecule has 0 aliphatic carbocycles. The molecular weight excluding hydrogens is 144 g/mol. The van der Waals surface area contributed by atoms with Crippen molar-refractivity contribution in [1.82, 2.24) is 0 Å². The summed E-state index contributed by atoms with van der Waals surface area (Å²) >= 11 is 0. The average Bonchev–Trinajstić information content (AvgIpc) is 1.38. The van der Waals surface area contributed by atoms with E-state index in [0.717, 1.165) is 6.29 Å². The van der Waals surface area contributed by atoms with E-state index in [4.69, 9.17) is 0 Å². The number of hydrogen-bond acceptors (Lipinski definition) is 1. The summed E-state index contributed by atoms with van der Waals surface area (Å²) in [5.41, 5.74) is 0. The monoisotopic (exact) mass is 152 g/mol.